The van der Waals surface area contributed by atoms with Crippen LogP contribution in [0, 0.1) is 5.92 Å². The molecular weight excluding hydrogens is 244 g/mol. The van der Waals surface area contributed by atoms with Crippen molar-refractivity contribution in [1.82, 2.24) is 0 Å². The highest BCUT2D eigenvalue weighted by Gasteiger charge is 2.34. The van der Waals surface area contributed by atoms with Crippen LogP contribution in [0.5, 0.6) is 0 Å². The number of carboxylic acid groups (broad SMARTS) is 2. The lowest BCUT2D eigenvalue weighted by molar-refractivity contribution is -0.155. The second kappa shape index (κ2) is 5.68. The molecule has 1 aromatic carbocycles. The van der Waals surface area contributed by atoms with Crippen molar-refractivity contribution in [2.45, 2.75) is 19.3 Å². The predicted molar refractivity (Wildman–Crippen MR) is 63.2 cm³/mol. The van der Waals surface area contributed by atoms with E-state index in [0.29, 0.717) is 17.0 Å². The number of rotatable bonds is 5. The van der Waals surface area contributed by atoms with Crippen LogP contribution in [-0.2, 0) is 9.59 Å². The van der Waals surface area contributed by atoms with Crippen LogP contribution in [0.25, 0.3) is 0 Å². The van der Waals surface area contributed by atoms with Crippen LogP contribution in [0.3, 0.4) is 0 Å². The molecule has 0 aliphatic heterocycles. The summed E-state index contributed by atoms with van der Waals surface area (Å²) in [6, 6.07) is 6.57. The largest absolute Gasteiger partial charge is 0.481 e. The van der Waals surface area contributed by atoms with E-state index >= 15 is 0 Å². The molecule has 0 bridgehead atoms. The molecule has 0 saturated carbocycles. The van der Waals surface area contributed by atoms with E-state index in [-0.39, 0.29) is 0 Å². The Morgan fingerprint density at radius 2 is 1.65 bits per heavy atom. The van der Waals surface area contributed by atoms with Gasteiger partial charge in [-0.1, -0.05) is 30.7 Å². The summed E-state index contributed by atoms with van der Waals surface area (Å²) in [4.78, 5) is 21.9. The molecule has 0 aliphatic rings. The lowest BCUT2D eigenvalue weighted by Gasteiger charge is -2.19. The maximum Gasteiger partial charge on any atom is 0.318 e. The highest BCUT2D eigenvalue weighted by atomic mass is 35.5. The second-order valence-electron chi connectivity index (χ2n) is 3.72. The molecular formula is C12H13ClO4. The van der Waals surface area contributed by atoms with Crippen molar-refractivity contribution in [1.29, 1.82) is 0 Å². The molecule has 0 aromatic heterocycles. The average molecular weight is 257 g/mol. The van der Waals surface area contributed by atoms with Gasteiger partial charge in [0, 0.05) is 10.9 Å². The Morgan fingerprint density at radius 1 is 1.18 bits per heavy atom. The summed E-state index contributed by atoms with van der Waals surface area (Å²) in [6.45, 7) is 1.76. The third kappa shape index (κ3) is 3.20. The van der Waals surface area contributed by atoms with Gasteiger partial charge >= 0.3 is 11.9 Å². The first-order chi connectivity index (χ1) is 7.97. The number of hydrogen-bond donors (Lipinski definition) is 2. The van der Waals surface area contributed by atoms with Crippen LogP contribution in [0.4, 0.5) is 0 Å². The van der Waals surface area contributed by atoms with Crippen molar-refractivity contribution in [2.75, 3.05) is 0 Å². The first-order valence-electron chi connectivity index (χ1n) is 5.18. The number of carbonyl (C=O) groups is 2. The zero-order valence-electron chi connectivity index (χ0n) is 9.26. The van der Waals surface area contributed by atoms with Gasteiger partial charge in [-0.15, -0.1) is 0 Å². The molecule has 0 radical (unpaired) electrons. The SMILES string of the molecule is CCC(c1ccc(Cl)cc1)C(C(=O)O)C(=O)O. The first kappa shape index (κ1) is 13.5. The van der Waals surface area contributed by atoms with E-state index in [4.69, 9.17) is 21.8 Å². The van der Waals surface area contributed by atoms with Gasteiger partial charge in [-0.05, 0) is 24.1 Å². The van der Waals surface area contributed by atoms with Gasteiger partial charge in [0.2, 0.25) is 0 Å². The zero-order chi connectivity index (χ0) is 13.0. The number of hydrogen-bond acceptors (Lipinski definition) is 2. The van der Waals surface area contributed by atoms with Crippen molar-refractivity contribution in [3.8, 4) is 0 Å². The van der Waals surface area contributed by atoms with Crippen molar-refractivity contribution in [3.05, 3.63) is 34.9 Å². The molecule has 0 heterocycles. The topological polar surface area (TPSA) is 74.6 Å². The van der Waals surface area contributed by atoms with E-state index in [9.17, 15) is 9.59 Å². The first-order valence-corrected chi connectivity index (χ1v) is 5.56. The van der Waals surface area contributed by atoms with Gasteiger partial charge in [0.25, 0.3) is 0 Å². The molecule has 5 heteroatoms. The highest BCUT2D eigenvalue weighted by molar-refractivity contribution is 6.30. The summed E-state index contributed by atoms with van der Waals surface area (Å²) in [5, 5.41) is 18.4. The molecule has 0 spiro atoms. The van der Waals surface area contributed by atoms with Gasteiger partial charge in [0.1, 0.15) is 0 Å². The maximum atomic E-state index is 11.0. The number of carboxylic acids is 2. The van der Waals surface area contributed by atoms with Crippen LogP contribution in [0.15, 0.2) is 24.3 Å². The molecule has 1 aromatic rings. The van der Waals surface area contributed by atoms with Gasteiger partial charge in [0.15, 0.2) is 5.92 Å². The second-order valence-corrected chi connectivity index (χ2v) is 4.16. The predicted octanol–water partition coefficient (Wildman–Crippen LogP) is 2.62. The normalized spacial score (nSPS) is 12.4. The molecule has 1 unspecified atom stereocenters. The summed E-state index contributed by atoms with van der Waals surface area (Å²) in [5.41, 5.74) is 0.673. The zero-order valence-corrected chi connectivity index (χ0v) is 10.0. The number of aliphatic carboxylic acids is 2. The lowest BCUT2D eigenvalue weighted by atomic mass is 9.84. The molecule has 92 valence electrons. The summed E-state index contributed by atoms with van der Waals surface area (Å²) >= 11 is 5.73. The van der Waals surface area contributed by atoms with E-state index < -0.39 is 23.8 Å². The van der Waals surface area contributed by atoms with Crippen LogP contribution >= 0.6 is 11.6 Å². The molecule has 2 N–H and O–H groups in total. The molecule has 1 rings (SSSR count). The van der Waals surface area contributed by atoms with Gasteiger partial charge in [-0.2, -0.15) is 0 Å². The standard InChI is InChI=1S/C12H13ClO4/c1-2-9(10(11(14)15)12(16)17)7-3-5-8(13)6-4-7/h3-6,9-10H,2H2,1H3,(H,14,15)(H,16,17). The third-order valence-electron chi connectivity index (χ3n) is 2.67. The Labute approximate surface area is 104 Å². The molecule has 4 nitrogen and oxygen atoms in total. The van der Waals surface area contributed by atoms with Gasteiger partial charge in [-0.3, -0.25) is 9.59 Å². The summed E-state index contributed by atoms with van der Waals surface area (Å²) in [6.07, 6.45) is 0.435. The van der Waals surface area contributed by atoms with Crippen LogP contribution in [0.2, 0.25) is 5.02 Å². The van der Waals surface area contributed by atoms with E-state index in [1.807, 2.05) is 0 Å². The average Bonchev–Trinajstić information content (AvgIpc) is 2.26. The van der Waals surface area contributed by atoms with Crippen LogP contribution < -0.4 is 0 Å². The van der Waals surface area contributed by atoms with Crippen molar-refractivity contribution in [2.24, 2.45) is 5.92 Å². The fourth-order valence-corrected chi connectivity index (χ4v) is 1.95. The van der Waals surface area contributed by atoms with Gasteiger partial charge < -0.3 is 10.2 Å². The number of halogens is 1. The molecule has 0 saturated heterocycles. The number of benzene rings is 1. The molecule has 17 heavy (non-hydrogen) atoms. The van der Waals surface area contributed by atoms with Gasteiger partial charge in [0.05, 0.1) is 0 Å². The van der Waals surface area contributed by atoms with Crippen molar-refractivity contribution >= 4 is 23.5 Å². The molecule has 1 atom stereocenters. The van der Waals surface area contributed by atoms with E-state index in [1.165, 1.54) is 0 Å². The Kier molecular flexibility index (Phi) is 4.52. The van der Waals surface area contributed by atoms with E-state index in [2.05, 4.69) is 0 Å². The fraction of sp³-hybridized carbons (Fsp3) is 0.333. The van der Waals surface area contributed by atoms with E-state index in [0.717, 1.165) is 0 Å². The fourth-order valence-electron chi connectivity index (χ4n) is 1.82. The summed E-state index contributed by atoms with van der Waals surface area (Å²) in [7, 11) is 0. The minimum atomic E-state index is -1.43. The quantitative estimate of drug-likeness (QED) is 0.794. The Balaban J connectivity index is 3.08. The molecule has 0 amide bonds. The van der Waals surface area contributed by atoms with Crippen LogP contribution in [0.1, 0.15) is 24.8 Å². The smallest absolute Gasteiger partial charge is 0.318 e. The maximum absolute atomic E-state index is 11.0. The Morgan fingerprint density at radius 3 is 2.00 bits per heavy atom. The Bertz CT molecular complexity index is 399. The minimum absolute atomic E-state index is 0.435. The molecule has 0 aliphatic carbocycles. The summed E-state index contributed by atoms with van der Waals surface area (Å²) < 4.78 is 0. The third-order valence-corrected chi connectivity index (χ3v) is 2.92. The van der Waals surface area contributed by atoms with Crippen molar-refractivity contribution in [3.63, 3.8) is 0 Å². The van der Waals surface area contributed by atoms with Gasteiger partial charge in [-0.25, -0.2) is 0 Å². The van der Waals surface area contributed by atoms with E-state index in [1.54, 1.807) is 31.2 Å². The monoisotopic (exact) mass is 256 g/mol. The highest BCUT2D eigenvalue weighted by Crippen LogP contribution is 2.29. The lowest BCUT2D eigenvalue weighted by Crippen LogP contribution is -2.29. The minimum Gasteiger partial charge on any atom is -0.481 e. The van der Waals surface area contributed by atoms with Crippen LogP contribution in [-0.4, -0.2) is 22.2 Å². The summed E-state index contributed by atoms with van der Waals surface area (Å²) in [5.74, 6) is -4.62. The Hall–Kier alpha value is -1.55. The molecule has 0 fully saturated rings. The van der Waals surface area contributed by atoms with Crippen molar-refractivity contribution < 1.29 is 19.8 Å².